The lowest BCUT2D eigenvalue weighted by atomic mass is 10.1. The third-order valence-corrected chi connectivity index (χ3v) is 2.94. The van der Waals surface area contributed by atoms with Gasteiger partial charge in [0.05, 0.1) is 0 Å². The van der Waals surface area contributed by atoms with E-state index < -0.39 is 0 Å². The van der Waals surface area contributed by atoms with Crippen LogP contribution < -0.4 is 5.73 Å². The number of benzene rings is 1. The van der Waals surface area contributed by atoms with Gasteiger partial charge in [0.2, 0.25) is 0 Å². The summed E-state index contributed by atoms with van der Waals surface area (Å²) in [6.07, 6.45) is 1.01. The van der Waals surface area contributed by atoms with Crippen LogP contribution in [0.5, 0.6) is 0 Å². The quantitative estimate of drug-likeness (QED) is 0.863. The molecule has 1 aromatic heterocycles. The predicted molar refractivity (Wildman–Crippen MR) is 72.1 cm³/mol. The second-order valence-electron chi connectivity index (χ2n) is 4.64. The largest absolute Gasteiger partial charge is 0.398 e. The third kappa shape index (κ3) is 2.79. The number of nitrogens with two attached hydrogens (primary N) is 1. The molecule has 0 aliphatic heterocycles. The Kier molecular flexibility index (Phi) is 3.81. The van der Waals surface area contributed by atoms with Crippen molar-refractivity contribution >= 4 is 17.3 Å². The lowest BCUT2D eigenvalue weighted by Crippen LogP contribution is -2.06. The Morgan fingerprint density at radius 1 is 1.39 bits per heavy atom. The van der Waals surface area contributed by atoms with E-state index in [1.54, 1.807) is 22.9 Å². The second-order valence-corrected chi connectivity index (χ2v) is 5.08. The molecule has 0 saturated heterocycles. The molecule has 2 rings (SSSR count). The van der Waals surface area contributed by atoms with Crippen molar-refractivity contribution < 1.29 is 0 Å². The van der Waals surface area contributed by atoms with E-state index in [0.717, 1.165) is 18.5 Å². The smallest absolute Gasteiger partial charge is 0.184 e. The van der Waals surface area contributed by atoms with Crippen LogP contribution in [0.25, 0.3) is 11.4 Å². The number of halogens is 1. The molecule has 0 atom stereocenters. The molecule has 0 saturated carbocycles. The van der Waals surface area contributed by atoms with Gasteiger partial charge in [-0.05, 0) is 41.0 Å². The minimum absolute atomic E-state index is 0.596. The molecule has 0 aliphatic rings. The molecule has 0 bridgehead atoms. The molecular formula is C12H16ClN5. The Morgan fingerprint density at radius 2 is 2.17 bits per heavy atom. The van der Waals surface area contributed by atoms with Crippen LogP contribution in [0.15, 0.2) is 18.2 Å². The fourth-order valence-corrected chi connectivity index (χ4v) is 1.82. The Morgan fingerprint density at radius 3 is 2.89 bits per heavy atom. The number of rotatable bonds is 4. The highest BCUT2D eigenvalue weighted by atomic mass is 35.5. The molecule has 1 aromatic carbocycles. The first kappa shape index (κ1) is 12.8. The molecule has 0 amide bonds. The van der Waals surface area contributed by atoms with Gasteiger partial charge in [-0.1, -0.05) is 25.4 Å². The van der Waals surface area contributed by atoms with Crippen molar-refractivity contribution in [3.63, 3.8) is 0 Å². The third-order valence-electron chi connectivity index (χ3n) is 2.71. The number of nitrogen functional groups attached to an aromatic ring is 1. The summed E-state index contributed by atoms with van der Waals surface area (Å²) in [5.74, 6) is 1.26. The molecule has 2 aromatic rings. The van der Waals surface area contributed by atoms with Gasteiger partial charge < -0.3 is 5.73 Å². The molecule has 2 N–H and O–H groups in total. The van der Waals surface area contributed by atoms with Gasteiger partial charge in [-0.2, -0.15) is 0 Å². The molecule has 0 radical (unpaired) electrons. The molecule has 6 heteroatoms. The molecule has 96 valence electrons. The molecule has 1 heterocycles. The average Bonchev–Trinajstić information content (AvgIpc) is 2.77. The van der Waals surface area contributed by atoms with E-state index in [1.165, 1.54) is 0 Å². The van der Waals surface area contributed by atoms with Gasteiger partial charge in [0.1, 0.15) is 0 Å². The van der Waals surface area contributed by atoms with Gasteiger partial charge in [0, 0.05) is 22.8 Å². The van der Waals surface area contributed by atoms with Crippen LogP contribution in [0.3, 0.4) is 0 Å². The number of hydrogen-bond acceptors (Lipinski definition) is 4. The Hall–Kier alpha value is -1.62. The van der Waals surface area contributed by atoms with Crippen molar-refractivity contribution in [3.8, 4) is 11.4 Å². The van der Waals surface area contributed by atoms with E-state index in [9.17, 15) is 0 Å². The second kappa shape index (κ2) is 5.35. The van der Waals surface area contributed by atoms with E-state index in [-0.39, 0.29) is 0 Å². The van der Waals surface area contributed by atoms with Crippen molar-refractivity contribution in [2.45, 2.75) is 26.8 Å². The van der Waals surface area contributed by atoms with Crippen molar-refractivity contribution in [2.24, 2.45) is 5.92 Å². The summed E-state index contributed by atoms with van der Waals surface area (Å²) in [5.41, 5.74) is 7.34. The fraction of sp³-hybridized carbons (Fsp3) is 0.417. The summed E-state index contributed by atoms with van der Waals surface area (Å²) in [6.45, 7) is 5.10. The van der Waals surface area contributed by atoms with Crippen LogP contribution in [-0.4, -0.2) is 20.2 Å². The van der Waals surface area contributed by atoms with Crippen molar-refractivity contribution in [1.29, 1.82) is 0 Å². The van der Waals surface area contributed by atoms with Gasteiger partial charge in [-0.15, -0.1) is 5.10 Å². The topological polar surface area (TPSA) is 69.6 Å². The molecule has 18 heavy (non-hydrogen) atoms. The maximum absolute atomic E-state index is 5.98. The van der Waals surface area contributed by atoms with Gasteiger partial charge in [0.25, 0.3) is 0 Å². The van der Waals surface area contributed by atoms with Crippen molar-refractivity contribution in [1.82, 2.24) is 20.2 Å². The maximum Gasteiger partial charge on any atom is 0.184 e. The first-order valence-corrected chi connectivity index (χ1v) is 6.27. The van der Waals surface area contributed by atoms with Crippen LogP contribution in [0.1, 0.15) is 20.3 Å². The molecule has 5 nitrogen and oxygen atoms in total. The fourth-order valence-electron chi connectivity index (χ4n) is 1.65. The van der Waals surface area contributed by atoms with Gasteiger partial charge >= 0.3 is 0 Å². The number of aromatic nitrogens is 4. The maximum atomic E-state index is 5.98. The van der Waals surface area contributed by atoms with E-state index >= 15 is 0 Å². The summed E-state index contributed by atoms with van der Waals surface area (Å²) in [6, 6.07) is 5.30. The Bertz CT molecular complexity index is 535. The highest BCUT2D eigenvalue weighted by Crippen LogP contribution is 2.26. The van der Waals surface area contributed by atoms with Crippen LogP contribution in [0.4, 0.5) is 5.69 Å². The molecule has 0 aliphatic carbocycles. The Balaban J connectivity index is 2.33. The van der Waals surface area contributed by atoms with E-state index in [1.807, 2.05) is 0 Å². The van der Waals surface area contributed by atoms with E-state index in [2.05, 4.69) is 29.4 Å². The SMILES string of the molecule is CC(C)CCn1nnnc1-c1cc(Cl)ccc1N. The van der Waals surface area contributed by atoms with E-state index in [4.69, 9.17) is 17.3 Å². The average molecular weight is 266 g/mol. The minimum Gasteiger partial charge on any atom is -0.398 e. The number of hydrogen-bond donors (Lipinski definition) is 1. The zero-order chi connectivity index (χ0) is 13.1. The van der Waals surface area contributed by atoms with Crippen molar-refractivity contribution in [2.75, 3.05) is 5.73 Å². The summed E-state index contributed by atoms with van der Waals surface area (Å²) < 4.78 is 1.77. The summed E-state index contributed by atoms with van der Waals surface area (Å²) >= 11 is 5.98. The normalized spacial score (nSPS) is 11.1. The lowest BCUT2D eigenvalue weighted by Gasteiger charge is -2.08. The lowest BCUT2D eigenvalue weighted by molar-refractivity contribution is 0.481. The molecule has 0 spiro atoms. The number of tetrazole rings is 1. The summed E-state index contributed by atoms with van der Waals surface area (Å²) in [5, 5.41) is 12.4. The number of anilines is 1. The van der Waals surface area contributed by atoms with Gasteiger partial charge in [0.15, 0.2) is 5.82 Å². The van der Waals surface area contributed by atoms with Crippen molar-refractivity contribution in [3.05, 3.63) is 23.2 Å². The van der Waals surface area contributed by atoms with E-state index in [0.29, 0.717) is 22.5 Å². The molecular weight excluding hydrogens is 250 g/mol. The Labute approximate surface area is 111 Å². The highest BCUT2D eigenvalue weighted by Gasteiger charge is 2.12. The van der Waals surface area contributed by atoms with Crippen LogP contribution in [0, 0.1) is 5.92 Å². The highest BCUT2D eigenvalue weighted by molar-refractivity contribution is 6.31. The zero-order valence-corrected chi connectivity index (χ0v) is 11.2. The summed E-state index contributed by atoms with van der Waals surface area (Å²) in [7, 11) is 0. The van der Waals surface area contributed by atoms with Crippen LogP contribution in [-0.2, 0) is 6.54 Å². The van der Waals surface area contributed by atoms with Crippen LogP contribution in [0.2, 0.25) is 5.02 Å². The zero-order valence-electron chi connectivity index (χ0n) is 10.5. The summed E-state index contributed by atoms with van der Waals surface area (Å²) in [4.78, 5) is 0. The molecule has 0 unspecified atom stereocenters. The van der Waals surface area contributed by atoms with Gasteiger partial charge in [-0.25, -0.2) is 4.68 Å². The minimum atomic E-state index is 0.596. The standard InChI is InChI=1S/C12H16ClN5/c1-8(2)5-6-18-12(15-16-17-18)10-7-9(13)3-4-11(10)14/h3-4,7-8H,5-6,14H2,1-2H3. The number of aryl methyl sites for hydroxylation is 1. The first-order valence-electron chi connectivity index (χ1n) is 5.89. The predicted octanol–water partition coefficient (Wildman–Crippen LogP) is 2.62. The number of nitrogens with zero attached hydrogens (tertiary/aromatic N) is 4. The van der Waals surface area contributed by atoms with Gasteiger partial charge in [-0.3, -0.25) is 0 Å². The first-order chi connectivity index (χ1) is 8.58. The van der Waals surface area contributed by atoms with Crippen LogP contribution >= 0.6 is 11.6 Å². The monoisotopic (exact) mass is 265 g/mol. The molecule has 0 fully saturated rings.